The summed E-state index contributed by atoms with van der Waals surface area (Å²) in [4.78, 5) is 0. The molecule has 0 aliphatic rings. The molecule has 1 aromatic heterocycles. The highest BCUT2D eigenvalue weighted by Gasteiger charge is 2.22. The maximum Gasteiger partial charge on any atom is 0.212 e. The zero-order valence-electron chi connectivity index (χ0n) is 13.1. The first-order chi connectivity index (χ1) is 10.7. The molecular formula is C15H18F2N2O3S. The lowest BCUT2D eigenvalue weighted by molar-refractivity contribution is 0.391. The second-order valence-electron chi connectivity index (χ2n) is 5.35. The summed E-state index contributed by atoms with van der Waals surface area (Å²) in [6, 6.07) is 2.90. The van der Waals surface area contributed by atoms with Crippen molar-refractivity contribution in [2.45, 2.75) is 33.2 Å². The summed E-state index contributed by atoms with van der Waals surface area (Å²) in [7, 11) is -3.72. The fourth-order valence-electron chi connectivity index (χ4n) is 2.50. The molecule has 0 radical (unpaired) electrons. The van der Waals surface area contributed by atoms with Crippen molar-refractivity contribution in [2.75, 3.05) is 5.75 Å². The van der Waals surface area contributed by atoms with E-state index in [2.05, 4.69) is 9.88 Å². The SMILES string of the molecule is Cc1noc(C)c1C(C)NS(=O)(=O)CCc1c(F)cccc1F. The van der Waals surface area contributed by atoms with Crippen molar-refractivity contribution in [1.29, 1.82) is 0 Å². The van der Waals surface area contributed by atoms with Crippen LogP contribution in [0.4, 0.5) is 8.78 Å². The van der Waals surface area contributed by atoms with Crippen LogP contribution in [0.5, 0.6) is 0 Å². The van der Waals surface area contributed by atoms with Crippen LogP contribution in [-0.2, 0) is 16.4 Å². The Balaban J connectivity index is 2.08. The van der Waals surface area contributed by atoms with Gasteiger partial charge in [0.25, 0.3) is 0 Å². The molecular weight excluding hydrogens is 326 g/mol. The minimum absolute atomic E-state index is 0.233. The van der Waals surface area contributed by atoms with Gasteiger partial charge in [0, 0.05) is 17.2 Å². The molecule has 2 aromatic rings. The van der Waals surface area contributed by atoms with E-state index in [9.17, 15) is 17.2 Å². The highest BCUT2D eigenvalue weighted by molar-refractivity contribution is 7.89. The Labute approximate surface area is 133 Å². The predicted molar refractivity (Wildman–Crippen MR) is 81.4 cm³/mol. The summed E-state index contributed by atoms with van der Waals surface area (Å²) >= 11 is 0. The van der Waals surface area contributed by atoms with Crippen molar-refractivity contribution in [1.82, 2.24) is 9.88 Å². The van der Waals surface area contributed by atoms with Crippen molar-refractivity contribution in [3.8, 4) is 0 Å². The van der Waals surface area contributed by atoms with Crippen LogP contribution < -0.4 is 4.72 Å². The van der Waals surface area contributed by atoms with Crippen LogP contribution in [0, 0.1) is 25.5 Å². The molecule has 0 saturated carbocycles. The van der Waals surface area contributed by atoms with E-state index < -0.39 is 33.5 Å². The van der Waals surface area contributed by atoms with Gasteiger partial charge in [0.1, 0.15) is 17.4 Å². The van der Waals surface area contributed by atoms with E-state index in [1.807, 2.05) is 0 Å². The Morgan fingerprint density at radius 2 is 1.87 bits per heavy atom. The number of nitrogens with zero attached hydrogens (tertiary/aromatic N) is 1. The zero-order valence-corrected chi connectivity index (χ0v) is 13.9. The van der Waals surface area contributed by atoms with Gasteiger partial charge in [-0.3, -0.25) is 0 Å². The number of aryl methyl sites for hydroxylation is 2. The van der Waals surface area contributed by atoms with Crippen molar-refractivity contribution in [2.24, 2.45) is 0 Å². The van der Waals surface area contributed by atoms with E-state index in [1.54, 1.807) is 20.8 Å². The fraction of sp³-hybridized carbons (Fsp3) is 0.400. The molecule has 0 spiro atoms. The highest BCUT2D eigenvalue weighted by atomic mass is 32.2. The smallest absolute Gasteiger partial charge is 0.212 e. The molecule has 1 heterocycles. The molecule has 8 heteroatoms. The third-order valence-corrected chi connectivity index (χ3v) is 5.01. The Morgan fingerprint density at radius 3 is 2.39 bits per heavy atom. The van der Waals surface area contributed by atoms with E-state index >= 15 is 0 Å². The number of hydrogen-bond donors (Lipinski definition) is 1. The lowest BCUT2D eigenvalue weighted by Gasteiger charge is -2.14. The van der Waals surface area contributed by atoms with Crippen LogP contribution in [0.25, 0.3) is 0 Å². The molecule has 0 fully saturated rings. The third kappa shape index (κ3) is 4.14. The summed E-state index contributed by atoms with van der Waals surface area (Å²) in [6.07, 6.45) is -0.248. The molecule has 23 heavy (non-hydrogen) atoms. The average molecular weight is 344 g/mol. The number of rotatable bonds is 6. The maximum atomic E-state index is 13.5. The average Bonchev–Trinajstić information content (AvgIpc) is 2.77. The topological polar surface area (TPSA) is 72.2 Å². The van der Waals surface area contributed by atoms with Gasteiger partial charge < -0.3 is 4.52 Å². The van der Waals surface area contributed by atoms with Crippen molar-refractivity contribution < 1.29 is 21.7 Å². The molecule has 1 unspecified atom stereocenters. The molecule has 2 rings (SSSR count). The molecule has 1 aromatic carbocycles. The lowest BCUT2D eigenvalue weighted by Crippen LogP contribution is -2.30. The van der Waals surface area contributed by atoms with E-state index in [0.29, 0.717) is 17.0 Å². The summed E-state index contributed by atoms with van der Waals surface area (Å²) in [5, 5.41) is 3.78. The molecule has 1 N–H and O–H groups in total. The Kier molecular flexibility index (Phi) is 5.16. The van der Waals surface area contributed by atoms with Gasteiger partial charge in [0.2, 0.25) is 10.0 Å². The van der Waals surface area contributed by atoms with Crippen LogP contribution >= 0.6 is 0 Å². The normalized spacial score (nSPS) is 13.3. The Hall–Kier alpha value is -1.80. The molecule has 0 aliphatic carbocycles. The second-order valence-corrected chi connectivity index (χ2v) is 7.22. The van der Waals surface area contributed by atoms with Gasteiger partial charge in [-0.2, -0.15) is 0 Å². The van der Waals surface area contributed by atoms with Crippen LogP contribution in [0.2, 0.25) is 0 Å². The maximum absolute atomic E-state index is 13.5. The molecule has 0 bridgehead atoms. The quantitative estimate of drug-likeness (QED) is 0.875. The van der Waals surface area contributed by atoms with E-state index in [4.69, 9.17) is 4.52 Å². The largest absolute Gasteiger partial charge is 0.361 e. The summed E-state index contributed by atoms with van der Waals surface area (Å²) in [6.45, 7) is 5.06. The first-order valence-electron chi connectivity index (χ1n) is 7.07. The van der Waals surface area contributed by atoms with Gasteiger partial charge in [-0.25, -0.2) is 21.9 Å². The van der Waals surface area contributed by atoms with Gasteiger partial charge in [0.15, 0.2) is 0 Å². The molecule has 0 amide bonds. The van der Waals surface area contributed by atoms with Crippen LogP contribution in [-0.4, -0.2) is 19.3 Å². The van der Waals surface area contributed by atoms with Crippen molar-refractivity contribution >= 4 is 10.0 Å². The van der Waals surface area contributed by atoms with Gasteiger partial charge in [-0.1, -0.05) is 11.2 Å². The van der Waals surface area contributed by atoms with Gasteiger partial charge in [0.05, 0.1) is 11.4 Å². The van der Waals surface area contributed by atoms with E-state index in [1.165, 1.54) is 6.07 Å². The zero-order chi connectivity index (χ0) is 17.2. The second kappa shape index (κ2) is 6.76. The van der Waals surface area contributed by atoms with Gasteiger partial charge in [-0.15, -0.1) is 0 Å². The van der Waals surface area contributed by atoms with Crippen LogP contribution in [0.15, 0.2) is 22.7 Å². The van der Waals surface area contributed by atoms with Gasteiger partial charge >= 0.3 is 0 Å². The molecule has 5 nitrogen and oxygen atoms in total. The van der Waals surface area contributed by atoms with Crippen LogP contribution in [0.3, 0.4) is 0 Å². The van der Waals surface area contributed by atoms with Crippen molar-refractivity contribution in [3.05, 3.63) is 52.4 Å². The third-order valence-electron chi connectivity index (χ3n) is 3.56. The first kappa shape index (κ1) is 17.6. The van der Waals surface area contributed by atoms with Crippen molar-refractivity contribution in [3.63, 3.8) is 0 Å². The number of halogens is 2. The highest BCUT2D eigenvalue weighted by Crippen LogP contribution is 2.22. The molecule has 126 valence electrons. The lowest BCUT2D eigenvalue weighted by atomic mass is 10.1. The monoisotopic (exact) mass is 344 g/mol. The van der Waals surface area contributed by atoms with E-state index in [-0.39, 0.29) is 12.0 Å². The van der Waals surface area contributed by atoms with Gasteiger partial charge in [-0.05, 0) is 39.3 Å². The number of aromatic nitrogens is 1. The number of nitrogens with one attached hydrogen (secondary N) is 1. The minimum atomic E-state index is -3.72. The standard InChI is InChI=1S/C15H18F2N2O3S/c1-9-15(11(3)22-18-9)10(2)19-23(20,21)8-7-12-13(16)5-4-6-14(12)17/h4-6,10,19H,7-8H2,1-3H3. The summed E-state index contributed by atoms with van der Waals surface area (Å²) < 4.78 is 58.9. The van der Waals surface area contributed by atoms with Crippen LogP contribution in [0.1, 0.15) is 35.5 Å². The first-order valence-corrected chi connectivity index (χ1v) is 8.72. The summed E-state index contributed by atoms with van der Waals surface area (Å²) in [5.74, 6) is -1.39. The Bertz CT molecular complexity index is 763. The fourth-order valence-corrected chi connectivity index (χ4v) is 3.75. The van der Waals surface area contributed by atoms with E-state index in [0.717, 1.165) is 12.1 Å². The number of hydrogen-bond acceptors (Lipinski definition) is 4. The minimum Gasteiger partial charge on any atom is -0.361 e. The molecule has 1 atom stereocenters. The molecule has 0 saturated heterocycles. The number of benzene rings is 1. The molecule has 0 aliphatic heterocycles. The number of sulfonamides is 1. The summed E-state index contributed by atoms with van der Waals surface area (Å²) in [5.41, 5.74) is 1.02. The Morgan fingerprint density at radius 1 is 1.26 bits per heavy atom. The predicted octanol–water partition coefficient (Wildman–Crippen LogP) is 2.79.